The second-order valence-corrected chi connectivity index (χ2v) is 12.8. The van der Waals surface area contributed by atoms with Crippen LogP contribution in [0.3, 0.4) is 0 Å². The Balaban J connectivity index is 1.11. The normalized spacial score (nSPS) is 17.5. The number of carbonyl (C=O) groups is 4. The number of carboxylic acid groups (broad SMARTS) is 1. The van der Waals surface area contributed by atoms with Gasteiger partial charge in [0.1, 0.15) is 22.1 Å². The van der Waals surface area contributed by atoms with E-state index in [2.05, 4.69) is 32.9 Å². The van der Waals surface area contributed by atoms with Crippen molar-refractivity contribution in [2.24, 2.45) is 0 Å². The molecule has 16 heteroatoms. The van der Waals surface area contributed by atoms with Crippen molar-refractivity contribution in [2.75, 3.05) is 16.8 Å². The monoisotopic (exact) mass is 662 g/mol. The number of hydrogen-bond donors (Lipinski definition) is 4. The van der Waals surface area contributed by atoms with Gasteiger partial charge in [-0.25, -0.2) is 23.6 Å². The third-order valence-electron chi connectivity index (χ3n) is 7.67. The molecule has 14 nitrogen and oxygen atoms in total. The van der Waals surface area contributed by atoms with E-state index < -0.39 is 40.9 Å². The molecule has 46 heavy (non-hydrogen) atoms. The van der Waals surface area contributed by atoms with E-state index in [1.54, 1.807) is 59.4 Å². The summed E-state index contributed by atoms with van der Waals surface area (Å²) in [4.78, 5) is 68.1. The summed E-state index contributed by atoms with van der Waals surface area (Å²) in [5, 5.41) is 23.8. The first-order valence-electron chi connectivity index (χ1n) is 14.6. The fourth-order valence-electron chi connectivity index (χ4n) is 5.40. The van der Waals surface area contributed by atoms with Crippen molar-refractivity contribution >= 4 is 64.1 Å². The number of nitrogens with one attached hydrogen (secondary N) is 3. The van der Waals surface area contributed by atoms with Crippen LogP contribution in [0.15, 0.2) is 75.8 Å². The quantitative estimate of drug-likeness (QED) is 0.138. The maximum absolute atomic E-state index is 13.2. The van der Waals surface area contributed by atoms with E-state index in [0.29, 0.717) is 45.9 Å². The lowest BCUT2D eigenvalue weighted by Crippen LogP contribution is -2.70. The average molecular weight is 663 g/mol. The summed E-state index contributed by atoms with van der Waals surface area (Å²) in [7, 11) is 0. The van der Waals surface area contributed by atoms with Crippen LogP contribution in [0.25, 0.3) is 11.0 Å². The molecule has 1 unspecified atom stereocenters. The van der Waals surface area contributed by atoms with Gasteiger partial charge in [-0.2, -0.15) is 0 Å². The van der Waals surface area contributed by atoms with Gasteiger partial charge in [-0.15, -0.1) is 28.6 Å². The van der Waals surface area contributed by atoms with Gasteiger partial charge in [-0.1, -0.05) is 48.9 Å². The number of imidazole rings is 1. The van der Waals surface area contributed by atoms with E-state index in [0.717, 1.165) is 22.4 Å². The molecule has 0 bridgehead atoms. The molecule has 2 atom stereocenters. The molecular formula is C30H30N8O6S2. The molecule has 4 aromatic rings. The SMILES string of the molecule is CCCCn1nncc1SCC1=C(C(=O)O)N2C(=O)C(NC(=O)Cc3ccccc3NC(=O)n3c(=O)[nH]c4ccccc43)[C@H]2SC1. The van der Waals surface area contributed by atoms with Crippen LogP contribution in [0.4, 0.5) is 10.5 Å². The van der Waals surface area contributed by atoms with Crippen molar-refractivity contribution < 1.29 is 24.3 Å². The van der Waals surface area contributed by atoms with Crippen LogP contribution in [-0.4, -0.2) is 81.3 Å². The zero-order chi connectivity index (χ0) is 32.4. The summed E-state index contributed by atoms with van der Waals surface area (Å²) in [5.41, 5.74) is 1.68. The number of β-lactam (4-membered cyclic amide) rings is 1. The lowest BCUT2D eigenvalue weighted by atomic mass is 10.0. The molecular weight excluding hydrogens is 633 g/mol. The van der Waals surface area contributed by atoms with Crippen molar-refractivity contribution in [1.82, 2.24) is 34.8 Å². The van der Waals surface area contributed by atoms with Crippen molar-refractivity contribution in [3.05, 3.63) is 82.0 Å². The van der Waals surface area contributed by atoms with Gasteiger partial charge < -0.3 is 20.7 Å². The Kier molecular flexibility index (Phi) is 8.99. The number of thioether (sulfide) groups is 2. The van der Waals surface area contributed by atoms with E-state index in [1.807, 2.05) is 0 Å². The molecule has 0 aliphatic carbocycles. The van der Waals surface area contributed by atoms with E-state index in [4.69, 9.17) is 0 Å². The molecule has 2 aliphatic heterocycles. The van der Waals surface area contributed by atoms with Crippen LogP contribution in [0.5, 0.6) is 0 Å². The van der Waals surface area contributed by atoms with Crippen LogP contribution in [0.2, 0.25) is 0 Å². The molecule has 3 amide bonds. The number of carbonyl (C=O) groups excluding carboxylic acids is 3. The fraction of sp³-hybridized carbons (Fsp3) is 0.300. The third kappa shape index (κ3) is 6.04. The highest BCUT2D eigenvalue weighted by Crippen LogP contribution is 2.41. The summed E-state index contributed by atoms with van der Waals surface area (Å²) in [6.45, 7) is 2.80. The number of aryl methyl sites for hydroxylation is 1. The lowest BCUT2D eigenvalue weighted by molar-refractivity contribution is -0.150. The molecule has 4 N–H and O–H groups in total. The highest BCUT2D eigenvalue weighted by molar-refractivity contribution is 8.01. The van der Waals surface area contributed by atoms with Crippen molar-refractivity contribution in [2.45, 2.75) is 49.2 Å². The minimum absolute atomic E-state index is 0.0556. The average Bonchev–Trinajstić information content (AvgIpc) is 3.64. The van der Waals surface area contributed by atoms with Gasteiger partial charge >= 0.3 is 17.7 Å². The second-order valence-electron chi connectivity index (χ2n) is 10.7. The number of unbranched alkanes of at least 4 members (excludes halogenated alkanes) is 1. The molecule has 238 valence electrons. The molecule has 0 spiro atoms. The number of anilines is 1. The number of nitrogens with zero attached hydrogens (tertiary/aromatic N) is 5. The number of carboxylic acids is 1. The number of hydrogen-bond acceptors (Lipinski definition) is 9. The molecule has 6 rings (SSSR count). The number of amides is 3. The van der Waals surface area contributed by atoms with Crippen LogP contribution in [-0.2, 0) is 27.3 Å². The van der Waals surface area contributed by atoms with E-state index in [1.165, 1.54) is 28.4 Å². The number of aromatic amines is 1. The van der Waals surface area contributed by atoms with Crippen LogP contribution in [0.1, 0.15) is 25.3 Å². The number of aromatic nitrogens is 5. The predicted molar refractivity (Wildman–Crippen MR) is 172 cm³/mol. The molecule has 1 saturated heterocycles. The highest BCUT2D eigenvalue weighted by Gasteiger charge is 2.54. The van der Waals surface area contributed by atoms with Crippen molar-refractivity contribution in [1.29, 1.82) is 0 Å². The number of rotatable bonds is 11. The standard InChI is InChI=1S/C30H30N8O6S2/c1-2-3-12-36-23(14-31-35-36)45-15-18-16-46-27-24(26(40)38(27)25(18)28(41)42)34-22(39)13-17-8-4-5-9-19(17)32-29(43)37-21-11-7-6-10-20(21)33-30(37)44/h4-11,14,24,27H,2-3,12-13,15-16H2,1H3,(H,32,43)(H,33,44)(H,34,39)(H,41,42)/t24?,27-/m1/s1. The first kappa shape index (κ1) is 31.2. The van der Waals surface area contributed by atoms with Crippen LogP contribution >= 0.6 is 23.5 Å². The fourth-order valence-corrected chi connectivity index (χ4v) is 7.83. The Morgan fingerprint density at radius 3 is 2.72 bits per heavy atom. The number of aliphatic carboxylic acids is 1. The summed E-state index contributed by atoms with van der Waals surface area (Å²) in [6, 6.07) is 11.9. The minimum atomic E-state index is -1.20. The Morgan fingerprint density at radius 2 is 1.91 bits per heavy atom. The maximum Gasteiger partial charge on any atom is 0.352 e. The number of para-hydroxylation sites is 3. The Hall–Kier alpha value is -4.83. The van der Waals surface area contributed by atoms with Gasteiger partial charge in [0.2, 0.25) is 5.91 Å². The molecule has 0 radical (unpaired) electrons. The summed E-state index contributed by atoms with van der Waals surface area (Å²) in [5.74, 6) is -1.43. The highest BCUT2D eigenvalue weighted by atomic mass is 32.2. The molecule has 0 saturated carbocycles. The van der Waals surface area contributed by atoms with E-state index >= 15 is 0 Å². The predicted octanol–water partition coefficient (Wildman–Crippen LogP) is 2.87. The van der Waals surface area contributed by atoms with E-state index in [9.17, 15) is 29.1 Å². The minimum Gasteiger partial charge on any atom is -0.477 e. The van der Waals surface area contributed by atoms with Crippen molar-refractivity contribution in [3.63, 3.8) is 0 Å². The number of benzene rings is 2. The first-order valence-corrected chi connectivity index (χ1v) is 16.6. The summed E-state index contributed by atoms with van der Waals surface area (Å²) in [6.07, 6.45) is 3.43. The lowest BCUT2D eigenvalue weighted by Gasteiger charge is -2.49. The van der Waals surface area contributed by atoms with Gasteiger partial charge in [-0.3, -0.25) is 14.5 Å². The van der Waals surface area contributed by atoms with Gasteiger partial charge in [0.15, 0.2) is 0 Å². The molecule has 2 aromatic carbocycles. The van der Waals surface area contributed by atoms with Gasteiger partial charge in [0.05, 0.1) is 23.7 Å². The van der Waals surface area contributed by atoms with Gasteiger partial charge in [-0.05, 0) is 35.8 Å². The molecule has 2 aliphatic rings. The van der Waals surface area contributed by atoms with Gasteiger partial charge in [0, 0.05) is 23.7 Å². The smallest absolute Gasteiger partial charge is 0.352 e. The molecule has 4 heterocycles. The number of fused-ring (bicyclic) bond motifs is 2. The van der Waals surface area contributed by atoms with Gasteiger partial charge in [0.25, 0.3) is 5.91 Å². The largest absolute Gasteiger partial charge is 0.477 e. The van der Waals surface area contributed by atoms with Crippen LogP contribution in [0, 0.1) is 0 Å². The number of H-pyrrole nitrogens is 1. The topological polar surface area (TPSA) is 184 Å². The summed E-state index contributed by atoms with van der Waals surface area (Å²) >= 11 is 2.82. The first-order chi connectivity index (χ1) is 22.3. The molecule has 2 aromatic heterocycles. The van der Waals surface area contributed by atoms with E-state index in [-0.39, 0.29) is 12.1 Å². The Labute approximate surface area is 270 Å². The second kappa shape index (κ2) is 13.3. The zero-order valence-electron chi connectivity index (χ0n) is 24.6. The molecule has 1 fully saturated rings. The summed E-state index contributed by atoms with van der Waals surface area (Å²) < 4.78 is 2.77. The van der Waals surface area contributed by atoms with Crippen LogP contribution < -0.4 is 16.3 Å². The third-order valence-corrected chi connectivity index (χ3v) is 10.1. The Morgan fingerprint density at radius 1 is 1.13 bits per heavy atom. The Bertz CT molecular complexity index is 1930. The van der Waals surface area contributed by atoms with Crippen molar-refractivity contribution in [3.8, 4) is 0 Å². The maximum atomic E-state index is 13.2. The zero-order valence-corrected chi connectivity index (χ0v) is 26.3.